The molecular formula is C31H52O3. The van der Waals surface area contributed by atoms with Crippen molar-refractivity contribution < 1.29 is 14.9 Å². The lowest BCUT2D eigenvalue weighted by Crippen LogP contribution is -2.02. The molecule has 2 aromatic carbocycles. The first-order valence-electron chi connectivity index (χ1n) is 12.2. The van der Waals surface area contributed by atoms with Gasteiger partial charge in [-0.1, -0.05) is 139 Å². The molecule has 1 unspecified atom stereocenters. The fourth-order valence-electron chi connectivity index (χ4n) is 2.53. The molecule has 2 aliphatic carbocycles. The molecule has 34 heavy (non-hydrogen) atoms. The quantitative estimate of drug-likeness (QED) is 0.404. The van der Waals surface area contributed by atoms with Crippen molar-refractivity contribution in [1.29, 1.82) is 0 Å². The van der Waals surface area contributed by atoms with E-state index < -0.39 is 0 Å². The van der Waals surface area contributed by atoms with Crippen LogP contribution in [0.4, 0.5) is 0 Å². The van der Waals surface area contributed by atoms with Gasteiger partial charge in [0.05, 0.1) is 0 Å². The first-order chi connectivity index (χ1) is 16.8. The highest BCUT2D eigenvalue weighted by Crippen LogP contribution is 2.25. The molecule has 0 aliphatic heterocycles. The third-order valence-electron chi connectivity index (χ3n) is 3.64. The molecule has 2 aromatic rings. The van der Waals surface area contributed by atoms with Gasteiger partial charge in [0.1, 0.15) is 0 Å². The maximum Gasteiger partial charge on any atom is 0.0351 e. The zero-order chi connectivity index (χ0) is 27.0. The summed E-state index contributed by atoms with van der Waals surface area (Å²) in [6.07, 6.45) is 17.6. The van der Waals surface area contributed by atoms with E-state index in [-0.39, 0.29) is 0 Å². The van der Waals surface area contributed by atoms with Crippen LogP contribution in [0, 0.1) is 5.92 Å². The van der Waals surface area contributed by atoms with E-state index in [9.17, 15) is 0 Å². The van der Waals surface area contributed by atoms with Crippen LogP contribution in [0.1, 0.15) is 54.4 Å². The van der Waals surface area contributed by atoms with Crippen molar-refractivity contribution >= 4 is 10.8 Å². The molecule has 2 aliphatic rings. The molecule has 2 N–H and O–H groups in total. The van der Waals surface area contributed by atoms with E-state index >= 15 is 0 Å². The molecule has 0 amide bonds. The molecule has 0 spiro atoms. The molecule has 0 radical (unpaired) electrons. The zero-order valence-corrected chi connectivity index (χ0v) is 23.5. The van der Waals surface area contributed by atoms with Gasteiger partial charge < -0.3 is 14.9 Å². The van der Waals surface area contributed by atoms with Gasteiger partial charge in [-0.3, -0.25) is 0 Å². The number of hydrogen-bond acceptors (Lipinski definition) is 3. The number of aliphatic hydroxyl groups excluding tert-OH is 2. The van der Waals surface area contributed by atoms with E-state index in [2.05, 4.69) is 110 Å². The first-order valence-corrected chi connectivity index (χ1v) is 12.2. The molecule has 194 valence electrons. The minimum atomic E-state index is 0.662. The summed E-state index contributed by atoms with van der Waals surface area (Å²) in [5.41, 5.74) is 1.45. The van der Waals surface area contributed by atoms with E-state index in [1.54, 1.807) is 14.2 Å². The summed E-state index contributed by atoms with van der Waals surface area (Å²) in [4.78, 5) is 0. The minimum absolute atomic E-state index is 0.662. The summed E-state index contributed by atoms with van der Waals surface area (Å²) in [5, 5.41) is 16.6. The average molecular weight is 473 g/mol. The predicted molar refractivity (Wildman–Crippen MR) is 155 cm³/mol. The number of ether oxygens (including phenoxy) is 1. The summed E-state index contributed by atoms with van der Waals surface area (Å²) < 4.78 is 4.25. The number of allylic oxidation sites excluding steroid dienone is 8. The van der Waals surface area contributed by atoms with Gasteiger partial charge in [0.25, 0.3) is 0 Å². The normalized spacial score (nSPS) is 12.9. The Morgan fingerprint density at radius 2 is 1.12 bits per heavy atom. The van der Waals surface area contributed by atoms with Gasteiger partial charge in [-0.05, 0) is 22.8 Å². The number of methoxy groups -OCH3 is 1. The van der Waals surface area contributed by atoms with Crippen molar-refractivity contribution in [3.05, 3.63) is 96.6 Å². The highest BCUT2D eigenvalue weighted by molar-refractivity contribution is 5.82. The summed E-state index contributed by atoms with van der Waals surface area (Å²) in [6.45, 7) is 12.2. The number of hydrogen-bond donors (Lipinski definition) is 2. The molecule has 1 atom stereocenters. The number of aliphatic hydroxyl groups is 2. The number of benzene rings is 2. The van der Waals surface area contributed by atoms with Crippen LogP contribution in [0.15, 0.2) is 96.6 Å². The predicted octanol–water partition coefficient (Wildman–Crippen LogP) is 8.40. The lowest BCUT2D eigenvalue weighted by molar-refractivity contribution is 0.277. The largest absolute Gasteiger partial charge is 0.400 e. The second-order valence-corrected chi connectivity index (χ2v) is 6.14. The molecule has 4 rings (SSSR count). The molecule has 3 nitrogen and oxygen atoms in total. The van der Waals surface area contributed by atoms with Gasteiger partial charge in [0.15, 0.2) is 0 Å². The van der Waals surface area contributed by atoms with Gasteiger partial charge in [0, 0.05) is 34.4 Å². The number of fused-ring (bicyclic) bond motifs is 2. The lowest BCUT2D eigenvalue weighted by atomic mass is 9.88. The maximum absolute atomic E-state index is 7.00. The summed E-state index contributed by atoms with van der Waals surface area (Å²) in [7, 11) is 5.25. The van der Waals surface area contributed by atoms with Crippen molar-refractivity contribution in [2.24, 2.45) is 5.92 Å². The van der Waals surface area contributed by atoms with E-state index in [0.717, 1.165) is 14.2 Å². The Bertz CT molecular complexity index is 676. The van der Waals surface area contributed by atoms with Crippen molar-refractivity contribution in [2.75, 3.05) is 28.4 Å². The summed E-state index contributed by atoms with van der Waals surface area (Å²) >= 11 is 0. The van der Waals surface area contributed by atoms with Crippen LogP contribution in [0.5, 0.6) is 0 Å². The van der Waals surface area contributed by atoms with Crippen molar-refractivity contribution in [1.82, 2.24) is 0 Å². The molecule has 0 bridgehead atoms. The Morgan fingerprint density at radius 1 is 0.735 bits per heavy atom. The molecule has 0 saturated heterocycles. The molecule has 3 heteroatoms. The average Bonchev–Trinajstić information content (AvgIpc) is 2.95. The highest BCUT2D eigenvalue weighted by Gasteiger charge is 2.10. The monoisotopic (exact) mass is 472 g/mol. The van der Waals surface area contributed by atoms with Gasteiger partial charge in [0.2, 0.25) is 0 Å². The van der Waals surface area contributed by atoms with Crippen molar-refractivity contribution in [2.45, 2.75) is 54.4 Å². The topological polar surface area (TPSA) is 49.7 Å². The Labute approximate surface area is 211 Å². The summed E-state index contributed by atoms with van der Waals surface area (Å²) in [5.74, 6) is 0.662. The van der Waals surface area contributed by atoms with Gasteiger partial charge in [-0.25, -0.2) is 0 Å². The SMILES string of the molecule is C1=CCC2C=CC=CC2=C1.CC.CC.CCC.CO.CO.COC.c1ccc2ccccc2c1. The van der Waals surface area contributed by atoms with Gasteiger partial charge in [-0.2, -0.15) is 0 Å². The van der Waals surface area contributed by atoms with Crippen LogP contribution in [0.25, 0.3) is 10.8 Å². The first kappa shape index (κ1) is 38.8. The van der Waals surface area contributed by atoms with Gasteiger partial charge in [-0.15, -0.1) is 0 Å². The van der Waals surface area contributed by atoms with Crippen LogP contribution in [0.2, 0.25) is 0 Å². The Kier molecular flexibility index (Phi) is 40.1. The third kappa shape index (κ3) is 21.4. The molecular weight excluding hydrogens is 420 g/mol. The molecule has 0 heterocycles. The minimum Gasteiger partial charge on any atom is -0.400 e. The van der Waals surface area contributed by atoms with Gasteiger partial charge >= 0.3 is 0 Å². The van der Waals surface area contributed by atoms with Crippen LogP contribution < -0.4 is 0 Å². The van der Waals surface area contributed by atoms with E-state index in [0.29, 0.717) is 5.92 Å². The fraction of sp³-hybridized carbons (Fsp3) is 0.419. The van der Waals surface area contributed by atoms with Crippen LogP contribution >= 0.6 is 0 Å². The maximum atomic E-state index is 7.00. The third-order valence-corrected chi connectivity index (χ3v) is 3.64. The Hall–Kier alpha value is -2.46. The van der Waals surface area contributed by atoms with Crippen LogP contribution in [-0.4, -0.2) is 38.7 Å². The van der Waals surface area contributed by atoms with Crippen molar-refractivity contribution in [3.63, 3.8) is 0 Å². The summed E-state index contributed by atoms with van der Waals surface area (Å²) in [6, 6.07) is 16.7. The number of rotatable bonds is 0. The van der Waals surface area contributed by atoms with E-state index in [1.165, 1.54) is 29.2 Å². The standard InChI is InChI=1S/C10H10.C10H8.C3H8.C2H6O.2C2H6.2CH4O/c2*1-2-6-10-8-4-3-7-9(10)5-1;2*1-3-2;4*1-2/h1-7,10H,8H2;1-8H;3H2,1-2H3;1-2H3;2*1-2H3;2*2H,1H3. The Balaban J connectivity index is -0.000000176. The van der Waals surface area contributed by atoms with Crippen molar-refractivity contribution in [3.8, 4) is 0 Å². The lowest BCUT2D eigenvalue weighted by Gasteiger charge is -2.16. The molecule has 0 fully saturated rings. The Morgan fingerprint density at radius 3 is 1.47 bits per heavy atom. The van der Waals surface area contributed by atoms with Crippen LogP contribution in [-0.2, 0) is 4.74 Å². The smallest absolute Gasteiger partial charge is 0.0351 e. The zero-order valence-electron chi connectivity index (χ0n) is 23.5. The second-order valence-electron chi connectivity index (χ2n) is 6.14. The highest BCUT2D eigenvalue weighted by atomic mass is 16.4. The second kappa shape index (κ2) is 35.1. The fourth-order valence-corrected chi connectivity index (χ4v) is 2.53. The molecule has 0 saturated carbocycles. The van der Waals surface area contributed by atoms with E-state index in [4.69, 9.17) is 10.2 Å². The van der Waals surface area contributed by atoms with E-state index in [1.807, 2.05) is 27.7 Å². The van der Waals surface area contributed by atoms with Crippen LogP contribution in [0.3, 0.4) is 0 Å². The molecule has 0 aromatic heterocycles.